The molecule has 0 fully saturated rings. The zero-order valence-corrected chi connectivity index (χ0v) is 15.7. The molecular weight excluding hydrogens is 320 g/mol. The van der Waals surface area contributed by atoms with Crippen molar-refractivity contribution in [2.24, 2.45) is 0 Å². The Labute approximate surface area is 150 Å². The third kappa shape index (κ3) is 5.52. The summed E-state index contributed by atoms with van der Waals surface area (Å²) >= 11 is 6.07. The first-order chi connectivity index (χ1) is 11.5. The number of rotatable bonds is 8. The highest BCUT2D eigenvalue weighted by Crippen LogP contribution is 2.20. The number of anilines is 1. The van der Waals surface area contributed by atoms with E-state index in [2.05, 4.69) is 55.5 Å². The Balaban J connectivity index is 1.88. The molecule has 0 saturated carbocycles. The summed E-state index contributed by atoms with van der Waals surface area (Å²) in [6.07, 6.45) is 0.988. The molecule has 0 radical (unpaired) electrons. The van der Waals surface area contributed by atoms with Crippen LogP contribution in [0.4, 0.5) is 5.69 Å². The monoisotopic (exact) mass is 346 g/mol. The van der Waals surface area contributed by atoms with Gasteiger partial charge in [0.2, 0.25) is 0 Å². The molecule has 3 nitrogen and oxygen atoms in total. The fraction of sp³-hybridized carbons (Fsp3) is 0.400. The van der Waals surface area contributed by atoms with E-state index in [4.69, 9.17) is 16.3 Å². The lowest BCUT2D eigenvalue weighted by molar-refractivity contribution is 0.0999. The molecular formula is C20H27ClN2O. The SMILES string of the molecule is COC(CNC(C)Cc1ccc(N(C)C)cc1)c1cccc(Cl)c1. The zero-order chi connectivity index (χ0) is 17.5. The number of halogens is 1. The Kier molecular flexibility index (Phi) is 7.10. The van der Waals surface area contributed by atoms with E-state index in [1.165, 1.54) is 11.3 Å². The van der Waals surface area contributed by atoms with Gasteiger partial charge in [-0.2, -0.15) is 0 Å². The lowest BCUT2D eigenvalue weighted by Crippen LogP contribution is -2.32. The minimum Gasteiger partial charge on any atom is -0.378 e. The standard InChI is InChI=1S/C20H27ClN2O/c1-15(12-16-8-10-19(11-9-16)23(2)3)22-14-20(24-4)17-6-5-7-18(21)13-17/h5-11,13,15,20,22H,12,14H2,1-4H3. The van der Waals surface area contributed by atoms with Crippen LogP contribution < -0.4 is 10.2 Å². The van der Waals surface area contributed by atoms with Crippen LogP contribution in [0.25, 0.3) is 0 Å². The second-order valence-electron chi connectivity index (χ2n) is 6.35. The first-order valence-electron chi connectivity index (χ1n) is 8.27. The van der Waals surface area contributed by atoms with E-state index in [9.17, 15) is 0 Å². The normalized spacial score (nSPS) is 13.5. The quantitative estimate of drug-likeness (QED) is 0.770. The minimum atomic E-state index is 0.00210. The summed E-state index contributed by atoms with van der Waals surface area (Å²) < 4.78 is 5.61. The lowest BCUT2D eigenvalue weighted by Gasteiger charge is -2.21. The molecule has 0 aliphatic carbocycles. The number of hydrogen-bond acceptors (Lipinski definition) is 3. The van der Waals surface area contributed by atoms with E-state index < -0.39 is 0 Å². The van der Waals surface area contributed by atoms with Crippen molar-refractivity contribution < 1.29 is 4.74 Å². The van der Waals surface area contributed by atoms with Crippen LogP contribution in [-0.4, -0.2) is 33.8 Å². The Hall–Kier alpha value is -1.55. The predicted molar refractivity (Wildman–Crippen MR) is 103 cm³/mol. The molecule has 0 saturated heterocycles. The molecule has 2 aromatic rings. The van der Waals surface area contributed by atoms with Gasteiger partial charge in [-0.15, -0.1) is 0 Å². The van der Waals surface area contributed by atoms with E-state index in [1.807, 2.05) is 24.3 Å². The van der Waals surface area contributed by atoms with Crippen molar-refractivity contribution in [3.05, 3.63) is 64.7 Å². The van der Waals surface area contributed by atoms with Gasteiger partial charge in [-0.05, 0) is 48.7 Å². The van der Waals surface area contributed by atoms with Crippen molar-refractivity contribution in [1.82, 2.24) is 5.32 Å². The van der Waals surface area contributed by atoms with E-state index in [-0.39, 0.29) is 6.10 Å². The molecule has 0 heterocycles. The first kappa shape index (κ1) is 18.8. The summed E-state index contributed by atoms with van der Waals surface area (Å²) in [7, 11) is 5.84. The van der Waals surface area contributed by atoms with Gasteiger partial charge in [-0.3, -0.25) is 0 Å². The Bertz CT molecular complexity index is 628. The number of hydrogen-bond donors (Lipinski definition) is 1. The van der Waals surface area contributed by atoms with Crippen LogP contribution in [0.2, 0.25) is 5.02 Å². The van der Waals surface area contributed by atoms with Gasteiger partial charge in [0.1, 0.15) is 0 Å². The van der Waals surface area contributed by atoms with Crippen LogP contribution in [0.1, 0.15) is 24.2 Å². The van der Waals surface area contributed by atoms with Gasteiger partial charge in [0.15, 0.2) is 0 Å². The third-order valence-corrected chi connectivity index (χ3v) is 4.39. The third-order valence-electron chi connectivity index (χ3n) is 4.15. The molecule has 0 amide bonds. The number of methoxy groups -OCH3 is 1. The predicted octanol–water partition coefficient (Wildman–Crippen LogP) is 4.31. The Morgan fingerprint density at radius 1 is 1.12 bits per heavy atom. The number of benzene rings is 2. The van der Waals surface area contributed by atoms with Crippen molar-refractivity contribution in [3.63, 3.8) is 0 Å². The van der Waals surface area contributed by atoms with Crippen molar-refractivity contribution in [2.45, 2.75) is 25.5 Å². The van der Waals surface area contributed by atoms with Crippen LogP contribution in [0.15, 0.2) is 48.5 Å². The fourth-order valence-electron chi connectivity index (χ4n) is 2.71. The molecule has 1 N–H and O–H groups in total. The van der Waals surface area contributed by atoms with Crippen LogP contribution >= 0.6 is 11.6 Å². The van der Waals surface area contributed by atoms with Gasteiger partial charge >= 0.3 is 0 Å². The van der Waals surface area contributed by atoms with E-state index in [0.29, 0.717) is 6.04 Å². The summed E-state index contributed by atoms with van der Waals surface area (Å²) in [5.74, 6) is 0. The number of ether oxygens (including phenoxy) is 1. The van der Waals surface area contributed by atoms with Crippen LogP contribution in [0.3, 0.4) is 0 Å². The smallest absolute Gasteiger partial charge is 0.0946 e. The summed E-state index contributed by atoms with van der Waals surface area (Å²) in [5.41, 5.74) is 3.65. The maximum atomic E-state index is 6.07. The molecule has 2 atom stereocenters. The molecule has 0 aliphatic heterocycles. The lowest BCUT2D eigenvalue weighted by atomic mass is 10.1. The van der Waals surface area contributed by atoms with Gasteiger partial charge in [0, 0.05) is 44.5 Å². The number of nitrogens with one attached hydrogen (secondary N) is 1. The van der Waals surface area contributed by atoms with Gasteiger partial charge in [0.05, 0.1) is 6.10 Å². The highest BCUT2D eigenvalue weighted by Gasteiger charge is 2.12. The average molecular weight is 347 g/mol. The minimum absolute atomic E-state index is 0.00210. The van der Waals surface area contributed by atoms with Gasteiger partial charge < -0.3 is 15.0 Å². The van der Waals surface area contributed by atoms with Crippen LogP contribution in [0.5, 0.6) is 0 Å². The zero-order valence-electron chi connectivity index (χ0n) is 14.9. The largest absolute Gasteiger partial charge is 0.378 e. The molecule has 0 aromatic heterocycles. The summed E-state index contributed by atoms with van der Waals surface area (Å²) in [6.45, 7) is 2.96. The Morgan fingerprint density at radius 2 is 1.83 bits per heavy atom. The molecule has 0 aliphatic rings. The molecule has 4 heteroatoms. The first-order valence-corrected chi connectivity index (χ1v) is 8.65. The maximum Gasteiger partial charge on any atom is 0.0946 e. The topological polar surface area (TPSA) is 24.5 Å². The van der Waals surface area contributed by atoms with Gasteiger partial charge in [0.25, 0.3) is 0 Å². The molecule has 2 aromatic carbocycles. The summed E-state index contributed by atoms with van der Waals surface area (Å²) in [5, 5.41) is 4.30. The fourth-order valence-corrected chi connectivity index (χ4v) is 2.91. The molecule has 2 unspecified atom stereocenters. The van der Waals surface area contributed by atoms with Gasteiger partial charge in [-0.1, -0.05) is 35.9 Å². The molecule has 130 valence electrons. The van der Waals surface area contributed by atoms with Gasteiger partial charge in [-0.25, -0.2) is 0 Å². The second-order valence-corrected chi connectivity index (χ2v) is 6.79. The highest BCUT2D eigenvalue weighted by atomic mass is 35.5. The van der Waals surface area contributed by atoms with E-state index in [0.717, 1.165) is 23.6 Å². The molecule has 2 rings (SSSR count). The molecule has 0 spiro atoms. The molecule has 0 bridgehead atoms. The number of nitrogens with zero attached hydrogens (tertiary/aromatic N) is 1. The van der Waals surface area contributed by atoms with Crippen molar-refractivity contribution in [1.29, 1.82) is 0 Å². The van der Waals surface area contributed by atoms with Crippen molar-refractivity contribution >= 4 is 17.3 Å². The summed E-state index contributed by atoms with van der Waals surface area (Å²) in [4.78, 5) is 2.11. The molecule has 24 heavy (non-hydrogen) atoms. The van der Waals surface area contributed by atoms with Crippen molar-refractivity contribution in [3.8, 4) is 0 Å². The van der Waals surface area contributed by atoms with E-state index >= 15 is 0 Å². The average Bonchev–Trinajstić information content (AvgIpc) is 2.56. The van der Waals surface area contributed by atoms with E-state index in [1.54, 1.807) is 7.11 Å². The van der Waals surface area contributed by atoms with Crippen LogP contribution in [0, 0.1) is 0 Å². The van der Waals surface area contributed by atoms with Crippen molar-refractivity contribution in [2.75, 3.05) is 32.6 Å². The van der Waals surface area contributed by atoms with Crippen LogP contribution in [-0.2, 0) is 11.2 Å². The highest BCUT2D eigenvalue weighted by molar-refractivity contribution is 6.30. The second kappa shape index (κ2) is 9.07. The summed E-state index contributed by atoms with van der Waals surface area (Å²) in [6, 6.07) is 16.9. The Morgan fingerprint density at radius 3 is 2.42 bits per heavy atom. The maximum absolute atomic E-state index is 6.07.